The molecule has 0 aromatic heterocycles. The number of esters is 4. The molecule has 0 unspecified atom stereocenters. The Hall–Kier alpha value is -2.84. The predicted molar refractivity (Wildman–Crippen MR) is 132 cm³/mol. The number of rotatable bonds is 14. The molecule has 2 aliphatic heterocycles. The highest BCUT2D eigenvalue weighted by molar-refractivity contribution is 6.05. The van der Waals surface area contributed by atoms with E-state index in [9.17, 15) is 19.2 Å². The second-order valence-corrected chi connectivity index (χ2v) is 8.48. The average molecular weight is 559 g/mol. The summed E-state index contributed by atoms with van der Waals surface area (Å²) in [6, 6.07) is 0. The van der Waals surface area contributed by atoms with E-state index in [4.69, 9.17) is 42.6 Å². The standard InChI is InChI=1S/C26H38O13/c1-7-34-21(27)25(22(28)35-8-2)13-17(11-19(31-5)38-25)15-33-16-18-12-20(32-6)39-26(14-18,23(29)36-9-3)24(30)37-10-4/h11-12,19-20H,7-10,13-16H2,1-6H3/t19-,20+. The summed E-state index contributed by atoms with van der Waals surface area (Å²) >= 11 is 0. The number of hydrogen-bond acceptors (Lipinski definition) is 13. The summed E-state index contributed by atoms with van der Waals surface area (Å²) < 4.78 is 48.2. The molecule has 0 radical (unpaired) electrons. The lowest BCUT2D eigenvalue weighted by Gasteiger charge is -2.36. The number of hydrogen-bond donors (Lipinski definition) is 0. The van der Waals surface area contributed by atoms with Gasteiger partial charge in [0.1, 0.15) is 0 Å². The molecule has 0 aliphatic carbocycles. The maximum absolute atomic E-state index is 12.8. The van der Waals surface area contributed by atoms with Crippen LogP contribution in [0.15, 0.2) is 23.3 Å². The molecule has 0 aromatic rings. The first-order valence-corrected chi connectivity index (χ1v) is 12.7. The van der Waals surface area contributed by atoms with E-state index < -0.39 is 47.7 Å². The van der Waals surface area contributed by atoms with Crippen LogP contribution in [0.1, 0.15) is 40.5 Å². The van der Waals surface area contributed by atoms with Crippen LogP contribution in [0, 0.1) is 0 Å². The maximum Gasteiger partial charge on any atom is 0.350 e. The lowest BCUT2D eigenvalue weighted by molar-refractivity contribution is -0.221. The van der Waals surface area contributed by atoms with Gasteiger partial charge in [0.05, 0.1) is 39.6 Å². The lowest BCUT2D eigenvalue weighted by Crippen LogP contribution is -2.55. The van der Waals surface area contributed by atoms with Crippen LogP contribution in [0.5, 0.6) is 0 Å². The van der Waals surface area contributed by atoms with Gasteiger partial charge in [-0.05, 0) is 51.0 Å². The first kappa shape index (κ1) is 32.4. The molecular formula is C26H38O13. The van der Waals surface area contributed by atoms with Crippen LogP contribution < -0.4 is 0 Å². The fourth-order valence-electron chi connectivity index (χ4n) is 4.07. The second kappa shape index (κ2) is 15.1. The summed E-state index contributed by atoms with van der Waals surface area (Å²) in [5.74, 6) is -3.61. The van der Waals surface area contributed by atoms with Crippen molar-refractivity contribution in [2.24, 2.45) is 0 Å². The third kappa shape index (κ3) is 7.63. The predicted octanol–water partition coefficient (Wildman–Crippen LogP) is 1.37. The summed E-state index contributed by atoms with van der Waals surface area (Å²) in [7, 11) is 2.71. The van der Waals surface area contributed by atoms with Crippen molar-refractivity contribution in [3.05, 3.63) is 23.3 Å². The zero-order chi connectivity index (χ0) is 29.1. The van der Waals surface area contributed by atoms with E-state index >= 15 is 0 Å². The molecule has 0 N–H and O–H groups in total. The summed E-state index contributed by atoms with van der Waals surface area (Å²) in [5.41, 5.74) is -3.12. The van der Waals surface area contributed by atoms with E-state index in [2.05, 4.69) is 0 Å². The molecule has 0 saturated heterocycles. The molecule has 13 nitrogen and oxygen atoms in total. The van der Waals surface area contributed by atoms with Crippen molar-refractivity contribution in [3.8, 4) is 0 Å². The molecule has 0 fully saturated rings. The summed E-state index contributed by atoms with van der Waals surface area (Å²) in [4.78, 5) is 51.4. The van der Waals surface area contributed by atoms with Crippen molar-refractivity contribution in [3.63, 3.8) is 0 Å². The highest BCUT2D eigenvalue weighted by Gasteiger charge is 2.55. The van der Waals surface area contributed by atoms with Gasteiger partial charge in [0.2, 0.25) is 0 Å². The summed E-state index contributed by atoms with van der Waals surface area (Å²) in [5, 5.41) is 0. The molecule has 0 amide bonds. The van der Waals surface area contributed by atoms with Crippen LogP contribution in [0.2, 0.25) is 0 Å². The zero-order valence-corrected chi connectivity index (χ0v) is 23.3. The quantitative estimate of drug-likeness (QED) is 0.131. The average Bonchev–Trinajstić information content (AvgIpc) is 2.92. The van der Waals surface area contributed by atoms with E-state index in [0.717, 1.165) is 0 Å². The Morgan fingerprint density at radius 2 is 0.974 bits per heavy atom. The van der Waals surface area contributed by atoms with Crippen LogP contribution in [0.25, 0.3) is 0 Å². The molecule has 2 rings (SSSR count). The van der Waals surface area contributed by atoms with Gasteiger partial charge in [-0.2, -0.15) is 0 Å². The van der Waals surface area contributed by atoms with E-state index in [-0.39, 0.29) is 52.5 Å². The van der Waals surface area contributed by atoms with Crippen molar-refractivity contribution in [2.75, 3.05) is 53.9 Å². The molecular weight excluding hydrogens is 520 g/mol. The van der Waals surface area contributed by atoms with Crippen molar-refractivity contribution < 1.29 is 61.8 Å². The molecule has 0 aromatic carbocycles. The SMILES string of the molecule is CCOC(=O)C1(C(=O)OCC)CC(COCC2=C[C@@H](OC)OC(C(=O)OCC)(C(=O)OCC)C2)=C[C@H](OC)O1. The van der Waals surface area contributed by atoms with Gasteiger partial charge in [0.15, 0.2) is 12.6 Å². The Kier molecular flexibility index (Phi) is 12.5. The molecule has 220 valence electrons. The lowest BCUT2D eigenvalue weighted by atomic mass is 9.91. The molecule has 2 heterocycles. The van der Waals surface area contributed by atoms with Gasteiger partial charge in [-0.3, -0.25) is 0 Å². The van der Waals surface area contributed by atoms with Crippen molar-refractivity contribution in [1.82, 2.24) is 0 Å². The second-order valence-electron chi connectivity index (χ2n) is 8.48. The molecule has 2 aliphatic rings. The van der Waals surface area contributed by atoms with Crippen LogP contribution >= 0.6 is 0 Å². The smallest absolute Gasteiger partial charge is 0.350 e. The third-order valence-corrected chi connectivity index (χ3v) is 5.79. The highest BCUT2D eigenvalue weighted by Crippen LogP contribution is 2.34. The Morgan fingerprint density at radius 1 is 0.667 bits per heavy atom. The molecule has 0 bridgehead atoms. The van der Waals surface area contributed by atoms with Gasteiger partial charge < -0.3 is 42.6 Å². The topological polar surface area (TPSA) is 151 Å². The van der Waals surface area contributed by atoms with Crippen LogP contribution in [0.3, 0.4) is 0 Å². The Bertz CT molecular complexity index is 828. The van der Waals surface area contributed by atoms with Crippen LogP contribution in [0.4, 0.5) is 0 Å². The zero-order valence-electron chi connectivity index (χ0n) is 23.3. The van der Waals surface area contributed by atoms with Gasteiger partial charge in [-0.1, -0.05) is 0 Å². The van der Waals surface area contributed by atoms with E-state index in [1.165, 1.54) is 14.2 Å². The third-order valence-electron chi connectivity index (χ3n) is 5.79. The minimum Gasteiger partial charge on any atom is -0.463 e. The monoisotopic (exact) mass is 558 g/mol. The van der Waals surface area contributed by atoms with E-state index in [1.54, 1.807) is 39.8 Å². The molecule has 0 spiro atoms. The van der Waals surface area contributed by atoms with Crippen molar-refractivity contribution in [1.29, 1.82) is 0 Å². The van der Waals surface area contributed by atoms with Gasteiger partial charge in [-0.25, -0.2) is 19.2 Å². The van der Waals surface area contributed by atoms with Crippen LogP contribution in [-0.2, 0) is 61.8 Å². The molecule has 13 heteroatoms. The Balaban J connectivity index is 2.24. The molecule has 2 atom stereocenters. The van der Waals surface area contributed by atoms with E-state index in [1.807, 2.05) is 0 Å². The maximum atomic E-state index is 12.8. The van der Waals surface area contributed by atoms with Gasteiger partial charge >= 0.3 is 23.9 Å². The van der Waals surface area contributed by atoms with Gasteiger partial charge in [0, 0.05) is 27.1 Å². The first-order chi connectivity index (χ1) is 18.7. The first-order valence-electron chi connectivity index (χ1n) is 12.7. The largest absolute Gasteiger partial charge is 0.463 e. The fraction of sp³-hybridized carbons (Fsp3) is 0.692. The van der Waals surface area contributed by atoms with Crippen molar-refractivity contribution >= 4 is 23.9 Å². The number of carbonyl (C=O) groups excluding carboxylic acids is 4. The minimum atomic E-state index is -2.07. The Labute approximate surface area is 227 Å². The summed E-state index contributed by atoms with van der Waals surface area (Å²) in [6.45, 7) is 6.42. The Morgan fingerprint density at radius 3 is 1.23 bits per heavy atom. The highest BCUT2D eigenvalue weighted by atomic mass is 16.7. The van der Waals surface area contributed by atoms with Crippen LogP contribution in [-0.4, -0.2) is 102 Å². The fourth-order valence-corrected chi connectivity index (χ4v) is 4.07. The normalized spacial score (nSPS) is 21.7. The molecule has 39 heavy (non-hydrogen) atoms. The number of carbonyl (C=O) groups is 4. The van der Waals surface area contributed by atoms with E-state index in [0.29, 0.717) is 11.1 Å². The minimum absolute atomic E-state index is 0.0239. The summed E-state index contributed by atoms with van der Waals surface area (Å²) in [6.07, 6.45) is 0.674. The molecule has 0 saturated carbocycles. The van der Waals surface area contributed by atoms with Crippen molar-refractivity contribution in [2.45, 2.75) is 64.3 Å². The van der Waals surface area contributed by atoms with Gasteiger partial charge in [-0.15, -0.1) is 0 Å². The number of methoxy groups -OCH3 is 2. The number of ether oxygens (including phenoxy) is 9. The van der Waals surface area contributed by atoms with Gasteiger partial charge in [0.25, 0.3) is 11.2 Å².